The molecule has 0 atom stereocenters. The Morgan fingerprint density at radius 1 is 1.25 bits per heavy atom. The van der Waals surface area contributed by atoms with Crippen molar-refractivity contribution >= 4 is 27.5 Å². The molecule has 1 aromatic carbocycles. The molecule has 3 rings (SSSR count). The van der Waals surface area contributed by atoms with E-state index in [1.807, 2.05) is 12.1 Å². The summed E-state index contributed by atoms with van der Waals surface area (Å²) in [7, 11) is 0. The van der Waals surface area contributed by atoms with E-state index in [-0.39, 0.29) is 0 Å². The number of hydrogen-bond donors (Lipinski definition) is 1. The number of rotatable bonds is 2. The highest BCUT2D eigenvalue weighted by Gasteiger charge is 2.34. The van der Waals surface area contributed by atoms with Crippen LogP contribution >= 0.6 is 27.5 Å². The van der Waals surface area contributed by atoms with Crippen LogP contribution in [0.5, 0.6) is 0 Å². The third-order valence-electron chi connectivity index (χ3n) is 3.78. The van der Waals surface area contributed by atoms with Gasteiger partial charge in [0.05, 0.1) is 16.1 Å². The maximum Gasteiger partial charge on any atom is 0.259 e. The zero-order valence-corrected chi connectivity index (χ0v) is 13.2. The number of benzene rings is 1. The lowest BCUT2D eigenvalue weighted by Gasteiger charge is -2.29. The van der Waals surface area contributed by atoms with Crippen molar-refractivity contribution in [3.05, 3.63) is 33.5 Å². The van der Waals surface area contributed by atoms with E-state index in [2.05, 4.69) is 26.1 Å². The summed E-state index contributed by atoms with van der Waals surface area (Å²) in [6, 6.07) is 5.55. The van der Waals surface area contributed by atoms with Gasteiger partial charge in [-0.05, 0) is 31.0 Å². The molecule has 1 aliphatic rings. The van der Waals surface area contributed by atoms with E-state index in [4.69, 9.17) is 21.9 Å². The molecule has 4 nitrogen and oxygen atoms in total. The molecule has 106 valence electrons. The van der Waals surface area contributed by atoms with Gasteiger partial charge in [-0.25, -0.2) is 0 Å². The Morgan fingerprint density at radius 3 is 2.70 bits per heavy atom. The first-order valence-electron chi connectivity index (χ1n) is 6.67. The van der Waals surface area contributed by atoms with Crippen LogP contribution in [-0.4, -0.2) is 10.1 Å². The Morgan fingerprint density at radius 2 is 2.00 bits per heavy atom. The molecule has 0 spiro atoms. The van der Waals surface area contributed by atoms with Gasteiger partial charge in [0.1, 0.15) is 0 Å². The number of hydrogen-bond acceptors (Lipinski definition) is 4. The Kier molecular flexibility index (Phi) is 3.84. The molecule has 6 heteroatoms. The van der Waals surface area contributed by atoms with Crippen LogP contribution in [-0.2, 0) is 5.54 Å². The first kappa shape index (κ1) is 14.0. The van der Waals surface area contributed by atoms with Crippen LogP contribution < -0.4 is 5.73 Å². The lowest BCUT2D eigenvalue weighted by atomic mass is 9.82. The van der Waals surface area contributed by atoms with Crippen molar-refractivity contribution in [2.45, 2.75) is 37.6 Å². The maximum atomic E-state index is 6.41. The quantitative estimate of drug-likeness (QED) is 0.872. The van der Waals surface area contributed by atoms with Crippen molar-refractivity contribution in [1.29, 1.82) is 0 Å². The maximum absolute atomic E-state index is 6.41. The molecule has 0 saturated heterocycles. The van der Waals surface area contributed by atoms with E-state index in [0.717, 1.165) is 35.7 Å². The van der Waals surface area contributed by atoms with Crippen LogP contribution in [0.4, 0.5) is 0 Å². The number of halogens is 2. The van der Waals surface area contributed by atoms with Gasteiger partial charge in [0.25, 0.3) is 5.89 Å². The summed E-state index contributed by atoms with van der Waals surface area (Å²) in [6.07, 6.45) is 5.25. The minimum absolute atomic E-state index is 0.424. The predicted molar refractivity (Wildman–Crippen MR) is 81.4 cm³/mol. The van der Waals surface area contributed by atoms with E-state index < -0.39 is 5.54 Å². The smallest absolute Gasteiger partial charge is 0.259 e. The molecule has 1 aliphatic carbocycles. The van der Waals surface area contributed by atoms with E-state index >= 15 is 0 Å². The largest absolute Gasteiger partial charge is 0.334 e. The van der Waals surface area contributed by atoms with Gasteiger partial charge in [-0.15, -0.1) is 0 Å². The zero-order chi connectivity index (χ0) is 14.2. The fourth-order valence-corrected chi connectivity index (χ4v) is 3.36. The molecule has 0 aliphatic heterocycles. The summed E-state index contributed by atoms with van der Waals surface area (Å²) >= 11 is 9.58. The second-order valence-electron chi connectivity index (χ2n) is 5.26. The number of aromatic nitrogens is 2. The highest BCUT2D eigenvalue weighted by molar-refractivity contribution is 9.10. The molecule has 20 heavy (non-hydrogen) atoms. The Bertz CT molecular complexity index is 623. The van der Waals surface area contributed by atoms with Crippen LogP contribution in [0.3, 0.4) is 0 Å². The predicted octanol–water partition coefficient (Wildman–Crippen LogP) is 4.27. The molecule has 0 radical (unpaired) electrons. The fourth-order valence-electron chi connectivity index (χ4n) is 2.60. The minimum atomic E-state index is -0.457. The van der Waals surface area contributed by atoms with Crippen LogP contribution in [0, 0.1) is 0 Å². The monoisotopic (exact) mass is 355 g/mol. The fraction of sp³-hybridized carbons (Fsp3) is 0.429. The van der Waals surface area contributed by atoms with Crippen molar-refractivity contribution in [1.82, 2.24) is 10.1 Å². The topological polar surface area (TPSA) is 64.9 Å². The van der Waals surface area contributed by atoms with Gasteiger partial charge in [0.15, 0.2) is 5.82 Å². The summed E-state index contributed by atoms with van der Waals surface area (Å²) in [4.78, 5) is 4.46. The number of nitrogens with two attached hydrogens (primary N) is 1. The minimum Gasteiger partial charge on any atom is -0.334 e. The molecule has 0 bridgehead atoms. The lowest BCUT2D eigenvalue weighted by molar-refractivity contribution is 0.275. The van der Waals surface area contributed by atoms with Crippen molar-refractivity contribution < 1.29 is 4.52 Å². The molecule has 1 saturated carbocycles. The number of nitrogens with zero attached hydrogens (tertiary/aromatic N) is 2. The van der Waals surface area contributed by atoms with Gasteiger partial charge in [-0.1, -0.05) is 52.0 Å². The second-order valence-corrected chi connectivity index (χ2v) is 6.59. The van der Waals surface area contributed by atoms with Crippen LogP contribution in [0.25, 0.3) is 11.5 Å². The van der Waals surface area contributed by atoms with Crippen molar-refractivity contribution in [2.24, 2.45) is 5.73 Å². The summed E-state index contributed by atoms with van der Waals surface area (Å²) in [6.45, 7) is 0. The molecule has 2 aromatic rings. The highest BCUT2D eigenvalue weighted by Crippen LogP contribution is 2.35. The molecule has 1 heterocycles. The van der Waals surface area contributed by atoms with Gasteiger partial charge in [0, 0.05) is 4.47 Å². The van der Waals surface area contributed by atoms with Crippen molar-refractivity contribution in [3.8, 4) is 11.5 Å². The van der Waals surface area contributed by atoms with Gasteiger partial charge >= 0.3 is 0 Å². The molecule has 1 fully saturated rings. The molecular weight excluding hydrogens is 342 g/mol. The normalized spacial score (nSPS) is 18.1. The van der Waals surface area contributed by atoms with Gasteiger partial charge in [-0.2, -0.15) is 4.98 Å². The zero-order valence-electron chi connectivity index (χ0n) is 10.9. The Labute approximate surface area is 130 Å². The van der Waals surface area contributed by atoms with Crippen molar-refractivity contribution in [2.75, 3.05) is 0 Å². The first-order valence-corrected chi connectivity index (χ1v) is 7.84. The SMILES string of the molecule is NC1(c2noc(-c3ccc(Br)cc3Cl)n2)CCCCC1. The highest BCUT2D eigenvalue weighted by atomic mass is 79.9. The van der Waals surface area contributed by atoms with Crippen LogP contribution in [0.1, 0.15) is 37.9 Å². The van der Waals surface area contributed by atoms with E-state index in [0.29, 0.717) is 16.7 Å². The molecule has 0 amide bonds. The van der Waals surface area contributed by atoms with E-state index in [1.54, 1.807) is 6.07 Å². The van der Waals surface area contributed by atoms with Crippen LogP contribution in [0.15, 0.2) is 27.2 Å². The Balaban J connectivity index is 1.93. The van der Waals surface area contributed by atoms with Gasteiger partial charge < -0.3 is 10.3 Å². The summed E-state index contributed by atoms with van der Waals surface area (Å²) < 4.78 is 6.26. The van der Waals surface area contributed by atoms with E-state index in [9.17, 15) is 0 Å². The molecule has 2 N–H and O–H groups in total. The first-order chi connectivity index (χ1) is 9.58. The van der Waals surface area contributed by atoms with Crippen LogP contribution in [0.2, 0.25) is 5.02 Å². The Hall–Kier alpha value is -0.910. The van der Waals surface area contributed by atoms with E-state index in [1.165, 1.54) is 6.42 Å². The summed E-state index contributed by atoms with van der Waals surface area (Å²) in [5.74, 6) is 1.01. The van der Waals surface area contributed by atoms with Gasteiger partial charge in [-0.3, -0.25) is 0 Å². The summed E-state index contributed by atoms with van der Waals surface area (Å²) in [5, 5.41) is 4.64. The third-order valence-corrected chi connectivity index (χ3v) is 4.58. The lowest BCUT2D eigenvalue weighted by Crippen LogP contribution is -2.39. The van der Waals surface area contributed by atoms with Gasteiger partial charge in [0.2, 0.25) is 0 Å². The molecule has 0 unspecified atom stereocenters. The van der Waals surface area contributed by atoms with Crippen molar-refractivity contribution in [3.63, 3.8) is 0 Å². The molecular formula is C14H15BrClN3O. The summed E-state index contributed by atoms with van der Waals surface area (Å²) in [5.41, 5.74) is 6.68. The average Bonchev–Trinajstić information content (AvgIpc) is 2.90. The second kappa shape index (κ2) is 5.47. The standard InChI is InChI=1S/C14H15BrClN3O/c15-9-4-5-10(11(16)8-9)12-18-13(19-20-12)14(17)6-2-1-3-7-14/h4-5,8H,1-3,6-7,17H2. The average molecular weight is 357 g/mol. The third kappa shape index (κ3) is 2.62. The molecule has 1 aromatic heterocycles.